The van der Waals surface area contributed by atoms with Gasteiger partial charge in [-0.15, -0.1) is 5.10 Å². The lowest BCUT2D eigenvalue weighted by Gasteiger charge is -2.12. The summed E-state index contributed by atoms with van der Waals surface area (Å²) in [6, 6.07) is 10.4. The van der Waals surface area contributed by atoms with Crippen LogP contribution in [0.4, 0.5) is 0 Å². The summed E-state index contributed by atoms with van der Waals surface area (Å²) >= 11 is 0. The molecular weight excluding hydrogens is 250 g/mol. The zero-order valence-corrected chi connectivity index (χ0v) is 12.1. The maximum Gasteiger partial charge on any atom is 0.238 e. The standard InChI is InChI=1S/C16H21N3O/c1-12-13(2)18-19-16(15(12)11-17)20-10-6-9-14-7-4-3-5-8-14/h3-5,7-8H,6,9-11,17H2,1-2H3. The first-order chi connectivity index (χ1) is 9.72. The van der Waals surface area contributed by atoms with Gasteiger partial charge in [0.25, 0.3) is 0 Å². The molecule has 20 heavy (non-hydrogen) atoms. The Labute approximate surface area is 120 Å². The summed E-state index contributed by atoms with van der Waals surface area (Å²) in [5, 5.41) is 8.20. The SMILES string of the molecule is Cc1nnc(OCCCc2ccccc2)c(CN)c1C. The molecule has 2 rings (SSSR count). The van der Waals surface area contributed by atoms with E-state index in [0.717, 1.165) is 29.7 Å². The van der Waals surface area contributed by atoms with Crippen LogP contribution in [0.3, 0.4) is 0 Å². The molecule has 0 aliphatic carbocycles. The molecule has 0 unspecified atom stereocenters. The molecule has 2 aromatic rings. The Morgan fingerprint density at radius 3 is 2.55 bits per heavy atom. The topological polar surface area (TPSA) is 61.0 Å². The van der Waals surface area contributed by atoms with Crippen LogP contribution in [0.2, 0.25) is 0 Å². The van der Waals surface area contributed by atoms with Crippen LogP contribution in [0.25, 0.3) is 0 Å². The van der Waals surface area contributed by atoms with E-state index >= 15 is 0 Å². The molecule has 0 saturated heterocycles. The van der Waals surface area contributed by atoms with Crippen molar-refractivity contribution >= 4 is 0 Å². The fourth-order valence-corrected chi connectivity index (χ4v) is 2.08. The van der Waals surface area contributed by atoms with Gasteiger partial charge in [0, 0.05) is 12.1 Å². The first-order valence-electron chi connectivity index (χ1n) is 6.92. The van der Waals surface area contributed by atoms with E-state index in [1.54, 1.807) is 0 Å². The lowest BCUT2D eigenvalue weighted by Crippen LogP contribution is -2.10. The van der Waals surface area contributed by atoms with Gasteiger partial charge in [0.05, 0.1) is 12.3 Å². The van der Waals surface area contributed by atoms with Crippen molar-refractivity contribution < 1.29 is 4.74 Å². The van der Waals surface area contributed by atoms with Crippen LogP contribution >= 0.6 is 0 Å². The summed E-state index contributed by atoms with van der Waals surface area (Å²) in [4.78, 5) is 0. The Hall–Kier alpha value is -1.94. The lowest BCUT2D eigenvalue weighted by molar-refractivity contribution is 0.291. The molecule has 4 nitrogen and oxygen atoms in total. The van der Waals surface area contributed by atoms with Crippen molar-refractivity contribution in [2.75, 3.05) is 6.61 Å². The molecule has 0 atom stereocenters. The van der Waals surface area contributed by atoms with Gasteiger partial charge >= 0.3 is 0 Å². The molecule has 1 aromatic carbocycles. The van der Waals surface area contributed by atoms with E-state index in [0.29, 0.717) is 19.0 Å². The largest absolute Gasteiger partial charge is 0.476 e. The average Bonchev–Trinajstić information content (AvgIpc) is 2.48. The maximum atomic E-state index is 5.77. The monoisotopic (exact) mass is 271 g/mol. The van der Waals surface area contributed by atoms with E-state index in [1.165, 1.54) is 5.56 Å². The van der Waals surface area contributed by atoms with E-state index in [4.69, 9.17) is 10.5 Å². The van der Waals surface area contributed by atoms with E-state index in [2.05, 4.69) is 34.5 Å². The molecule has 0 bridgehead atoms. The quantitative estimate of drug-likeness (QED) is 0.820. The zero-order chi connectivity index (χ0) is 14.4. The molecule has 0 saturated carbocycles. The molecule has 0 aliphatic rings. The molecule has 0 radical (unpaired) electrons. The number of rotatable bonds is 6. The number of hydrogen-bond donors (Lipinski definition) is 1. The summed E-state index contributed by atoms with van der Waals surface area (Å²) in [7, 11) is 0. The van der Waals surface area contributed by atoms with Crippen molar-refractivity contribution in [3.8, 4) is 5.88 Å². The van der Waals surface area contributed by atoms with Crippen LogP contribution in [0, 0.1) is 13.8 Å². The number of ether oxygens (including phenoxy) is 1. The van der Waals surface area contributed by atoms with Gasteiger partial charge in [0.2, 0.25) is 5.88 Å². The van der Waals surface area contributed by atoms with Crippen LogP contribution in [0.15, 0.2) is 30.3 Å². The van der Waals surface area contributed by atoms with E-state index in [9.17, 15) is 0 Å². The van der Waals surface area contributed by atoms with Gasteiger partial charge < -0.3 is 10.5 Å². The number of hydrogen-bond acceptors (Lipinski definition) is 4. The molecule has 2 N–H and O–H groups in total. The Kier molecular flexibility index (Phi) is 5.07. The minimum Gasteiger partial charge on any atom is -0.476 e. The van der Waals surface area contributed by atoms with Crippen LogP contribution in [0.1, 0.15) is 28.8 Å². The minimum atomic E-state index is 0.427. The highest BCUT2D eigenvalue weighted by Gasteiger charge is 2.10. The molecule has 0 fully saturated rings. The van der Waals surface area contributed by atoms with Gasteiger partial charge in [0.1, 0.15) is 0 Å². The number of nitrogens with zero attached hydrogens (tertiary/aromatic N) is 2. The summed E-state index contributed by atoms with van der Waals surface area (Å²) in [5.41, 5.74) is 10.0. The average molecular weight is 271 g/mol. The molecule has 0 aliphatic heterocycles. The van der Waals surface area contributed by atoms with Crippen molar-refractivity contribution in [1.82, 2.24) is 10.2 Å². The van der Waals surface area contributed by atoms with E-state index < -0.39 is 0 Å². The first kappa shape index (κ1) is 14.5. The Balaban J connectivity index is 1.90. The summed E-state index contributed by atoms with van der Waals surface area (Å²) in [5.74, 6) is 0.573. The van der Waals surface area contributed by atoms with Crippen LogP contribution in [0.5, 0.6) is 5.88 Å². The predicted octanol–water partition coefficient (Wildman–Crippen LogP) is 2.56. The number of aryl methyl sites for hydroxylation is 2. The Bertz CT molecular complexity index is 555. The number of benzene rings is 1. The minimum absolute atomic E-state index is 0.427. The number of nitrogens with two attached hydrogens (primary N) is 1. The fraction of sp³-hybridized carbons (Fsp3) is 0.375. The fourth-order valence-electron chi connectivity index (χ4n) is 2.08. The Morgan fingerprint density at radius 1 is 1.10 bits per heavy atom. The second-order valence-corrected chi connectivity index (χ2v) is 4.84. The summed E-state index contributed by atoms with van der Waals surface area (Å²) in [6.45, 7) is 4.99. The maximum absolute atomic E-state index is 5.77. The highest BCUT2D eigenvalue weighted by molar-refractivity contribution is 5.35. The first-order valence-corrected chi connectivity index (χ1v) is 6.92. The molecule has 1 aromatic heterocycles. The zero-order valence-electron chi connectivity index (χ0n) is 12.1. The second-order valence-electron chi connectivity index (χ2n) is 4.84. The smallest absolute Gasteiger partial charge is 0.238 e. The Morgan fingerprint density at radius 2 is 1.85 bits per heavy atom. The molecule has 4 heteroatoms. The second kappa shape index (κ2) is 7.01. The third kappa shape index (κ3) is 3.54. The van der Waals surface area contributed by atoms with E-state index in [-0.39, 0.29) is 0 Å². The van der Waals surface area contributed by atoms with E-state index in [1.807, 2.05) is 19.9 Å². The van der Waals surface area contributed by atoms with Crippen LogP contribution in [-0.2, 0) is 13.0 Å². The molecular formula is C16H21N3O. The predicted molar refractivity (Wildman–Crippen MR) is 79.7 cm³/mol. The molecule has 1 heterocycles. The lowest BCUT2D eigenvalue weighted by atomic mass is 10.1. The highest BCUT2D eigenvalue weighted by atomic mass is 16.5. The summed E-state index contributed by atoms with van der Waals surface area (Å²) in [6.07, 6.45) is 1.94. The van der Waals surface area contributed by atoms with Crippen LogP contribution in [-0.4, -0.2) is 16.8 Å². The van der Waals surface area contributed by atoms with Gasteiger partial charge in [-0.3, -0.25) is 0 Å². The summed E-state index contributed by atoms with van der Waals surface area (Å²) < 4.78 is 5.73. The third-order valence-electron chi connectivity index (χ3n) is 3.44. The van der Waals surface area contributed by atoms with Gasteiger partial charge in [-0.1, -0.05) is 30.3 Å². The molecule has 106 valence electrons. The molecule has 0 spiro atoms. The van der Waals surface area contributed by atoms with Crippen LogP contribution < -0.4 is 10.5 Å². The third-order valence-corrected chi connectivity index (χ3v) is 3.44. The van der Waals surface area contributed by atoms with Gasteiger partial charge in [0.15, 0.2) is 0 Å². The highest BCUT2D eigenvalue weighted by Crippen LogP contribution is 2.20. The number of aromatic nitrogens is 2. The van der Waals surface area contributed by atoms with Crippen molar-refractivity contribution in [3.63, 3.8) is 0 Å². The van der Waals surface area contributed by atoms with Gasteiger partial charge in [-0.05, 0) is 37.8 Å². The van der Waals surface area contributed by atoms with Crippen molar-refractivity contribution in [1.29, 1.82) is 0 Å². The molecule has 0 amide bonds. The van der Waals surface area contributed by atoms with Gasteiger partial charge in [-0.2, -0.15) is 5.10 Å². The van der Waals surface area contributed by atoms with Crippen molar-refractivity contribution in [3.05, 3.63) is 52.7 Å². The van der Waals surface area contributed by atoms with Crippen molar-refractivity contribution in [2.45, 2.75) is 33.2 Å². The normalized spacial score (nSPS) is 10.6. The van der Waals surface area contributed by atoms with Gasteiger partial charge in [-0.25, -0.2) is 0 Å². The van der Waals surface area contributed by atoms with Crippen molar-refractivity contribution in [2.24, 2.45) is 5.73 Å².